The third-order valence-electron chi connectivity index (χ3n) is 11.0. The SMILES string of the molecule is Fc1cc(-n2c3[c-]c(Oc4[c-]c(-n5[c](=[Pt])n(-c6c(-c7ccccc7)cccc6-c6ccccc6)c6ccccc65)ccc4)ccc3c3ccccc32)ncc1-c1ccncc1. The van der Waals surface area contributed by atoms with Gasteiger partial charge < -0.3 is 0 Å². The number of para-hydroxylation sites is 4. The zero-order chi connectivity index (χ0) is 40.9. The maximum absolute atomic E-state index is 15.8. The zero-order valence-corrected chi connectivity index (χ0v) is 34.6. The molecule has 6 nitrogen and oxygen atoms in total. The van der Waals surface area contributed by atoms with Crippen LogP contribution in [0, 0.1) is 21.8 Å². The van der Waals surface area contributed by atoms with Gasteiger partial charge in [0.1, 0.15) is 5.82 Å². The van der Waals surface area contributed by atoms with E-state index in [1.807, 2.05) is 53.1 Å². The number of hydrogen-bond acceptors (Lipinski definition) is 3. The molecule has 0 saturated heterocycles. The van der Waals surface area contributed by atoms with Crippen LogP contribution in [0.4, 0.5) is 4.39 Å². The van der Waals surface area contributed by atoms with E-state index >= 15 is 4.39 Å². The van der Waals surface area contributed by atoms with Crippen molar-refractivity contribution in [3.63, 3.8) is 0 Å². The summed E-state index contributed by atoms with van der Waals surface area (Å²) in [6.45, 7) is 0. The molecule has 0 unspecified atom stereocenters. The molecule has 0 bridgehead atoms. The average Bonchev–Trinajstić information content (AvgIpc) is 3.80. The normalized spacial score (nSPS) is 11.5. The van der Waals surface area contributed by atoms with Crippen LogP contribution in [0.15, 0.2) is 195 Å². The van der Waals surface area contributed by atoms with Crippen molar-refractivity contribution in [3.8, 4) is 62.1 Å². The third-order valence-corrected chi connectivity index (χ3v) is 12.0. The number of hydrogen-bond donors (Lipinski definition) is 0. The number of fused-ring (bicyclic) bond motifs is 4. The number of halogens is 1. The van der Waals surface area contributed by atoms with E-state index in [9.17, 15) is 0 Å². The average molecular weight is 969 g/mol. The topological polar surface area (TPSA) is 49.8 Å². The van der Waals surface area contributed by atoms with E-state index in [1.165, 1.54) is 6.07 Å². The summed E-state index contributed by atoms with van der Waals surface area (Å²) >= 11 is 2.44. The second-order valence-corrected chi connectivity index (χ2v) is 15.5. The molecule has 8 heteroatoms. The Morgan fingerprint density at radius 3 is 1.82 bits per heavy atom. The first-order chi connectivity index (χ1) is 30.1. The molecule has 0 aliphatic rings. The Kier molecular flexibility index (Phi) is 9.17. The van der Waals surface area contributed by atoms with Crippen LogP contribution >= 0.6 is 0 Å². The Bertz CT molecular complexity index is 3430. The first-order valence-corrected chi connectivity index (χ1v) is 20.9. The summed E-state index contributed by atoms with van der Waals surface area (Å²) in [6.07, 6.45) is 4.86. The summed E-state index contributed by atoms with van der Waals surface area (Å²) in [6, 6.07) is 66.1. The van der Waals surface area contributed by atoms with E-state index in [0.29, 0.717) is 28.4 Å². The van der Waals surface area contributed by atoms with Crippen molar-refractivity contribution in [3.05, 3.63) is 216 Å². The van der Waals surface area contributed by atoms with Gasteiger partial charge in [-0.3, -0.25) is 4.98 Å². The minimum Gasteiger partial charge on any atom is -0.265 e. The van der Waals surface area contributed by atoms with Gasteiger partial charge in [-0.15, -0.1) is 0 Å². The van der Waals surface area contributed by atoms with Crippen LogP contribution in [-0.2, 0) is 19.4 Å². The fourth-order valence-corrected chi connectivity index (χ4v) is 9.32. The fourth-order valence-electron chi connectivity index (χ4n) is 8.24. The van der Waals surface area contributed by atoms with Crippen LogP contribution < -0.4 is 4.74 Å². The van der Waals surface area contributed by atoms with Gasteiger partial charge in [0.05, 0.1) is 0 Å². The molecule has 0 amide bonds. The molecular weight excluding hydrogens is 937 g/mol. The number of ether oxygens (including phenoxy) is 1. The van der Waals surface area contributed by atoms with Crippen LogP contribution in [0.1, 0.15) is 0 Å². The monoisotopic (exact) mass is 968 g/mol. The molecule has 0 aliphatic heterocycles. The Morgan fingerprint density at radius 1 is 0.508 bits per heavy atom. The molecule has 0 radical (unpaired) electrons. The van der Waals surface area contributed by atoms with Crippen molar-refractivity contribution in [2.24, 2.45) is 0 Å². The van der Waals surface area contributed by atoms with Gasteiger partial charge in [-0.2, -0.15) is 0 Å². The van der Waals surface area contributed by atoms with E-state index < -0.39 is 0 Å². The molecule has 61 heavy (non-hydrogen) atoms. The molecule has 11 aromatic rings. The van der Waals surface area contributed by atoms with Crippen LogP contribution in [0.3, 0.4) is 0 Å². The predicted molar refractivity (Wildman–Crippen MR) is 236 cm³/mol. The number of benzene rings is 7. The summed E-state index contributed by atoms with van der Waals surface area (Å²) in [5.74, 6) is 1.08. The molecule has 0 aliphatic carbocycles. The van der Waals surface area contributed by atoms with E-state index in [1.54, 1.807) is 30.7 Å². The van der Waals surface area contributed by atoms with Gasteiger partial charge in [0.2, 0.25) is 0 Å². The quantitative estimate of drug-likeness (QED) is 0.143. The summed E-state index contributed by atoms with van der Waals surface area (Å²) in [5.41, 5.74) is 11.2. The van der Waals surface area contributed by atoms with Crippen molar-refractivity contribution >= 4 is 32.8 Å². The van der Waals surface area contributed by atoms with Crippen molar-refractivity contribution in [2.45, 2.75) is 0 Å². The minimum absolute atomic E-state index is 0.380. The summed E-state index contributed by atoms with van der Waals surface area (Å²) in [5, 5.41) is 1.95. The first kappa shape index (κ1) is 36.6. The molecule has 4 aromatic heterocycles. The Labute approximate surface area is 361 Å². The molecule has 4 heterocycles. The third kappa shape index (κ3) is 6.42. The second-order valence-electron chi connectivity index (χ2n) is 14.5. The first-order valence-electron chi connectivity index (χ1n) is 19.8. The van der Waals surface area contributed by atoms with Crippen molar-refractivity contribution in [2.75, 3.05) is 0 Å². The number of nitrogens with zero attached hydrogens (tertiary/aromatic N) is 5. The van der Waals surface area contributed by atoms with Gasteiger partial charge in [-0.05, 0) is 17.7 Å². The maximum atomic E-state index is 15.8. The molecule has 7 aromatic carbocycles. The van der Waals surface area contributed by atoms with Gasteiger partial charge in [-0.25, -0.2) is 4.39 Å². The molecule has 294 valence electrons. The molecule has 0 fully saturated rings. The van der Waals surface area contributed by atoms with Gasteiger partial charge >= 0.3 is 294 Å². The van der Waals surface area contributed by atoms with Crippen LogP contribution in [-0.4, -0.2) is 23.7 Å². The standard InChI is InChI=1S/C53H32FN5O.Pt/c54-47-33-52(56-34-46(47)38-27-29-55-30-28-38)59-48-22-8-7-19-44(48)45-26-25-41(32-51(45)59)60-40-18-11-17-39(31-40)57-35-58(50-24-10-9-23-49(50)57)53-42(36-13-3-1-4-14-36)20-12-21-43(53)37-15-5-2-6-16-37;/h1-30,33-34H;/q-2;. The van der Waals surface area contributed by atoms with Crippen molar-refractivity contribution in [1.82, 2.24) is 23.7 Å². The van der Waals surface area contributed by atoms with Crippen molar-refractivity contribution < 1.29 is 28.5 Å². The molecular formula is C53H32FN5OPt-2. The van der Waals surface area contributed by atoms with Gasteiger partial charge in [0, 0.05) is 24.2 Å². The summed E-state index contributed by atoms with van der Waals surface area (Å²) in [7, 11) is 0. The number of rotatable bonds is 8. The molecule has 0 spiro atoms. The number of aromatic nitrogens is 5. The van der Waals surface area contributed by atoms with Crippen LogP contribution in [0.2, 0.25) is 0 Å². The minimum atomic E-state index is -0.380. The van der Waals surface area contributed by atoms with E-state index in [2.05, 4.69) is 155 Å². The van der Waals surface area contributed by atoms with Gasteiger partial charge in [0.15, 0.2) is 0 Å². The van der Waals surface area contributed by atoms with Crippen LogP contribution in [0.25, 0.3) is 83.4 Å². The smallest absolute Gasteiger partial charge is 0.265 e. The van der Waals surface area contributed by atoms with E-state index in [0.717, 1.165) is 70.3 Å². The van der Waals surface area contributed by atoms with Crippen molar-refractivity contribution in [1.29, 1.82) is 0 Å². The second kappa shape index (κ2) is 15.3. The Morgan fingerprint density at radius 2 is 1.11 bits per heavy atom. The molecule has 0 atom stereocenters. The van der Waals surface area contributed by atoms with Crippen LogP contribution in [0.5, 0.6) is 11.5 Å². The molecule has 0 N–H and O–H groups in total. The molecule has 0 saturated carbocycles. The fraction of sp³-hybridized carbons (Fsp3) is 0. The number of imidazole rings is 1. The van der Waals surface area contributed by atoms with E-state index in [-0.39, 0.29) is 5.82 Å². The number of pyridine rings is 2. The van der Waals surface area contributed by atoms with Gasteiger partial charge in [0.25, 0.3) is 0 Å². The zero-order valence-electron chi connectivity index (χ0n) is 32.3. The summed E-state index contributed by atoms with van der Waals surface area (Å²) in [4.78, 5) is 8.82. The van der Waals surface area contributed by atoms with E-state index in [4.69, 9.17) is 9.72 Å². The summed E-state index contributed by atoms with van der Waals surface area (Å²) < 4.78 is 29.8. The molecule has 11 rings (SSSR count). The van der Waals surface area contributed by atoms with Gasteiger partial charge in [-0.1, -0.05) is 12.1 Å². The predicted octanol–water partition coefficient (Wildman–Crippen LogP) is 12.9. The Hall–Kier alpha value is -7.47. The Balaban J connectivity index is 1.02.